The number of carbonyl (C=O) groups is 2. The summed E-state index contributed by atoms with van der Waals surface area (Å²) >= 11 is 0. The molecule has 0 aliphatic carbocycles. The SMILES string of the molecule is CC(C)N1CCCCC2(CN(C(=O)c3ccnn3C(C)C)CCO2)C1=O. The summed E-state index contributed by atoms with van der Waals surface area (Å²) in [6.07, 6.45) is 4.23. The second-order valence-electron chi connectivity index (χ2n) is 7.87. The molecule has 7 heteroatoms. The average molecular weight is 362 g/mol. The van der Waals surface area contributed by atoms with Crippen LogP contribution in [0.2, 0.25) is 0 Å². The Labute approximate surface area is 155 Å². The van der Waals surface area contributed by atoms with Crippen molar-refractivity contribution in [2.45, 2.75) is 64.6 Å². The Balaban J connectivity index is 1.85. The van der Waals surface area contributed by atoms with Gasteiger partial charge in [-0.1, -0.05) is 0 Å². The third kappa shape index (κ3) is 3.37. The van der Waals surface area contributed by atoms with E-state index >= 15 is 0 Å². The second-order valence-corrected chi connectivity index (χ2v) is 7.87. The first-order chi connectivity index (χ1) is 12.4. The van der Waals surface area contributed by atoms with Crippen molar-refractivity contribution in [1.29, 1.82) is 0 Å². The molecule has 144 valence electrons. The van der Waals surface area contributed by atoms with E-state index in [0.29, 0.717) is 31.8 Å². The van der Waals surface area contributed by atoms with Gasteiger partial charge in [0.2, 0.25) is 0 Å². The minimum atomic E-state index is -0.905. The van der Waals surface area contributed by atoms with Crippen molar-refractivity contribution >= 4 is 11.8 Å². The smallest absolute Gasteiger partial charge is 0.272 e. The van der Waals surface area contributed by atoms with Crippen molar-refractivity contribution in [3.8, 4) is 0 Å². The summed E-state index contributed by atoms with van der Waals surface area (Å²) in [6, 6.07) is 1.99. The van der Waals surface area contributed by atoms with Crippen LogP contribution in [0.4, 0.5) is 0 Å². The Kier molecular flexibility index (Phi) is 5.37. The maximum atomic E-state index is 13.2. The lowest BCUT2D eigenvalue weighted by Gasteiger charge is -2.43. The average Bonchev–Trinajstić information content (AvgIpc) is 3.05. The third-order valence-corrected chi connectivity index (χ3v) is 5.36. The fraction of sp³-hybridized carbons (Fsp3) is 0.737. The molecule has 0 radical (unpaired) electrons. The zero-order chi connectivity index (χ0) is 18.9. The van der Waals surface area contributed by atoms with Crippen LogP contribution in [-0.4, -0.2) is 69.3 Å². The third-order valence-electron chi connectivity index (χ3n) is 5.36. The zero-order valence-corrected chi connectivity index (χ0v) is 16.3. The van der Waals surface area contributed by atoms with Crippen LogP contribution in [0.5, 0.6) is 0 Å². The zero-order valence-electron chi connectivity index (χ0n) is 16.3. The van der Waals surface area contributed by atoms with Crippen molar-refractivity contribution in [3.63, 3.8) is 0 Å². The standard InChI is InChI=1S/C19H30N4O3/c1-14(2)22-10-6-5-8-19(18(22)25)13-21(11-12-26-19)17(24)16-7-9-20-23(16)15(3)4/h7,9,14-15H,5-6,8,10-13H2,1-4H3. The molecule has 2 fully saturated rings. The van der Waals surface area contributed by atoms with Gasteiger partial charge in [-0.2, -0.15) is 5.10 Å². The Morgan fingerprint density at radius 3 is 2.65 bits per heavy atom. The number of likely N-dealkylation sites (tertiary alicyclic amines) is 1. The quantitative estimate of drug-likeness (QED) is 0.826. The second kappa shape index (κ2) is 7.39. The molecule has 1 spiro atoms. The molecule has 1 aromatic heterocycles. The van der Waals surface area contributed by atoms with E-state index in [1.165, 1.54) is 0 Å². The number of hydrogen-bond donors (Lipinski definition) is 0. The van der Waals surface area contributed by atoms with Gasteiger partial charge in [-0.3, -0.25) is 14.3 Å². The Morgan fingerprint density at radius 2 is 1.96 bits per heavy atom. The molecule has 0 aromatic carbocycles. The topological polar surface area (TPSA) is 67.7 Å². The predicted octanol–water partition coefficient (Wildman–Crippen LogP) is 2.10. The van der Waals surface area contributed by atoms with Crippen LogP contribution in [0.15, 0.2) is 12.3 Å². The summed E-state index contributed by atoms with van der Waals surface area (Å²) in [4.78, 5) is 30.0. The molecule has 26 heavy (non-hydrogen) atoms. The summed E-state index contributed by atoms with van der Waals surface area (Å²) in [5.41, 5.74) is -0.337. The van der Waals surface area contributed by atoms with Gasteiger partial charge in [-0.15, -0.1) is 0 Å². The van der Waals surface area contributed by atoms with Crippen LogP contribution in [0.1, 0.15) is 63.5 Å². The van der Waals surface area contributed by atoms with Crippen LogP contribution in [0.3, 0.4) is 0 Å². The number of rotatable bonds is 3. The molecule has 0 N–H and O–H groups in total. The first-order valence-corrected chi connectivity index (χ1v) is 9.63. The van der Waals surface area contributed by atoms with E-state index in [0.717, 1.165) is 19.4 Å². The first kappa shape index (κ1) is 18.9. The number of amides is 2. The van der Waals surface area contributed by atoms with Crippen LogP contribution < -0.4 is 0 Å². The highest BCUT2D eigenvalue weighted by Gasteiger charge is 2.48. The molecule has 1 aromatic rings. The number of morpholine rings is 1. The molecule has 2 aliphatic rings. The van der Waals surface area contributed by atoms with Gasteiger partial charge < -0.3 is 14.5 Å². The van der Waals surface area contributed by atoms with Gasteiger partial charge in [0.1, 0.15) is 5.69 Å². The lowest BCUT2D eigenvalue weighted by molar-refractivity contribution is -0.169. The first-order valence-electron chi connectivity index (χ1n) is 9.63. The number of hydrogen-bond acceptors (Lipinski definition) is 4. The summed E-state index contributed by atoms with van der Waals surface area (Å²) < 4.78 is 7.78. The molecular formula is C19H30N4O3. The minimum absolute atomic E-state index is 0.0277. The molecule has 0 bridgehead atoms. The van der Waals surface area contributed by atoms with Crippen molar-refractivity contribution < 1.29 is 14.3 Å². The van der Waals surface area contributed by atoms with E-state index in [4.69, 9.17) is 4.74 Å². The predicted molar refractivity (Wildman–Crippen MR) is 97.9 cm³/mol. The molecule has 3 heterocycles. The van der Waals surface area contributed by atoms with Crippen molar-refractivity contribution in [3.05, 3.63) is 18.0 Å². The lowest BCUT2D eigenvalue weighted by atomic mass is 9.93. The number of nitrogens with zero attached hydrogens (tertiary/aromatic N) is 4. The number of ether oxygens (including phenoxy) is 1. The molecule has 7 nitrogen and oxygen atoms in total. The fourth-order valence-corrected chi connectivity index (χ4v) is 3.95. The Hall–Kier alpha value is -1.89. The summed E-state index contributed by atoms with van der Waals surface area (Å²) in [5.74, 6) is -0.0492. The normalized spacial score (nSPS) is 24.6. The summed E-state index contributed by atoms with van der Waals surface area (Å²) in [7, 11) is 0. The largest absolute Gasteiger partial charge is 0.361 e. The van der Waals surface area contributed by atoms with Gasteiger partial charge in [0.15, 0.2) is 5.60 Å². The minimum Gasteiger partial charge on any atom is -0.361 e. The van der Waals surface area contributed by atoms with Crippen molar-refractivity contribution in [1.82, 2.24) is 19.6 Å². The van der Waals surface area contributed by atoms with E-state index in [-0.39, 0.29) is 23.9 Å². The van der Waals surface area contributed by atoms with Crippen LogP contribution >= 0.6 is 0 Å². The van der Waals surface area contributed by atoms with E-state index in [1.54, 1.807) is 21.8 Å². The van der Waals surface area contributed by atoms with Gasteiger partial charge in [-0.05, 0) is 53.0 Å². The molecule has 1 atom stereocenters. The highest BCUT2D eigenvalue weighted by molar-refractivity contribution is 5.94. The maximum absolute atomic E-state index is 13.2. The number of carbonyl (C=O) groups excluding carboxylic acids is 2. The van der Waals surface area contributed by atoms with E-state index in [9.17, 15) is 9.59 Å². The number of aromatic nitrogens is 2. The van der Waals surface area contributed by atoms with Crippen LogP contribution in [0.25, 0.3) is 0 Å². The molecule has 2 saturated heterocycles. The molecule has 1 unspecified atom stereocenters. The van der Waals surface area contributed by atoms with E-state index in [2.05, 4.69) is 5.10 Å². The lowest BCUT2D eigenvalue weighted by Crippen LogP contribution is -2.61. The molecular weight excluding hydrogens is 332 g/mol. The Bertz CT molecular complexity index is 669. The van der Waals surface area contributed by atoms with Gasteiger partial charge >= 0.3 is 0 Å². The maximum Gasteiger partial charge on any atom is 0.272 e. The van der Waals surface area contributed by atoms with Gasteiger partial charge in [0, 0.05) is 31.4 Å². The highest BCUT2D eigenvalue weighted by atomic mass is 16.5. The van der Waals surface area contributed by atoms with E-state index < -0.39 is 5.60 Å². The van der Waals surface area contributed by atoms with Crippen LogP contribution in [0, 0.1) is 0 Å². The summed E-state index contributed by atoms with van der Waals surface area (Å²) in [6.45, 7) is 10.0. The molecule has 2 amide bonds. The van der Waals surface area contributed by atoms with Gasteiger partial charge in [0.05, 0.1) is 13.2 Å². The van der Waals surface area contributed by atoms with Crippen molar-refractivity contribution in [2.75, 3.05) is 26.2 Å². The van der Waals surface area contributed by atoms with Gasteiger partial charge in [0.25, 0.3) is 11.8 Å². The monoisotopic (exact) mass is 362 g/mol. The molecule has 2 aliphatic heterocycles. The van der Waals surface area contributed by atoms with Crippen LogP contribution in [-0.2, 0) is 9.53 Å². The summed E-state index contributed by atoms with van der Waals surface area (Å²) in [5, 5.41) is 4.26. The Morgan fingerprint density at radius 1 is 1.19 bits per heavy atom. The van der Waals surface area contributed by atoms with Crippen molar-refractivity contribution in [2.24, 2.45) is 0 Å². The fourth-order valence-electron chi connectivity index (χ4n) is 3.95. The molecule has 0 saturated carbocycles. The van der Waals surface area contributed by atoms with Gasteiger partial charge in [-0.25, -0.2) is 0 Å². The van der Waals surface area contributed by atoms with E-state index in [1.807, 2.05) is 32.6 Å². The highest BCUT2D eigenvalue weighted by Crippen LogP contribution is 2.31. The molecule has 3 rings (SSSR count).